The molecule has 0 bridgehead atoms. The van der Waals surface area contributed by atoms with E-state index in [2.05, 4.69) is 15.8 Å². The van der Waals surface area contributed by atoms with Gasteiger partial charge in [-0.15, -0.1) is 0 Å². The van der Waals surface area contributed by atoms with Crippen LogP contribution in [0.25, 0.3) is 0 Å². The first-order valence-electron chi connectivity index (χ1n) is 4.98. The minimum Gasteiger partial charge on any atom is -0.375 e. The second-order valence-electron chi connectivity index (χ2n) is 3.61. The Balaban J connectivity index is 2.50. The topological polar surface area (TPSA) is 65.8 Å². The van der Waals surface area contributed by atoms with Gasteiger partial charge in [0.05, 0.1) is 5.69 Å². The molecule has 1 N–H and O–H groups in total. The lowest BCUT2D eigenvalue weighted by Crippen LogP contribution is -2.14. The number of aromatic nitrogens is 1. The van der Waals surface area contributed by atoms with Crippen molar-refractivity contribution in [3.05, 3.63) is 11.3 Å². The Labute approximate surface area is 102 Å². The van der Waals surface area contributed by atoms with Crippen molar-refractivity contribution >= 4 is 27.3 Å². The summed E-state index contributed by atoms with van der Waals surface area (Å²) in [6.45, 7) is 4.50. The van der Waals surface area contributed by atoms with Crippen LogP contribution in [0.5, 0.6) is 0 Å². The SMILES string of the molecule is Cc1nsc(NCCC(C)S(C)=O)c1C#N. The van der Waals surface area contributed by atoms with Crippen LogP contribution in [0.1, 0.15) is 24.6 Å². The van der Waals surface area contributed by atoms with Gasteiger partial charge in [0.1, 0.15) is 16.6 Å². The fourth-order valence-electron chi connectivity index (χ4n) is 1.18. The minimum atomic E-state index is -0.787. The highest BCUT2D eigenvalue weighted by atomic mass is 32.2. The minimum absolute atomic E-state index is 0.173. The first-order chi connectivity index (χ1) is 7.56. The highest BCUT2D eigenvalue weighted by Crippen LogP contribution is 2.23. The van der Waals surface area contributed by atoms with Gasteiger partial charge in [0, 0.05) is 28.9 Å². The first kappa shape index (κ1) is 13.1. The summed E-state index contributed by atoms with van der Waals surface area (Å²) in [6, 6.07) is 2.13. The van der Waals surface area contributed by atoms with Gasteiger partial charge in [-0.3, -0.25) is 4.21 Å². The van der Waals surface area contributed by atoms with Crippen LogP contribution >= 0.6 is 11.5 Å². The molecule has 0 radical (unpaired) electrons. The van der Waals surface area contributed by atoms with Gasteiger partial charge in [-0.25, -0.2) is 0 Å². The maximum Gasteiger partial charge on any atom is 0.127 e. The standard InChI is InChI=1S/C10H15N3OS2/c1-7(16(3)14)4-5-12-10-9(6-11)8(2)13-15-10/h7,12H,4-5H2,1-3H3. The van der Waals surface area contributed by atoms with Crippen LogP contribution in [0.2, 0.25) is 0 Å². The van der Waals surface area contributed by atoms with Gasteiger partial charge in [-0.05, 0) is 24.9 Å². The lowest BCUT2D eigenvalue weighted by molar-refractivity contribution is 0.672. The number of hydrogen-bond acceptors (Lipinski definition) is 5. The van der Waals surface area contributed by atoms with Crippen molar-refractivity contribution in [2.24, 2.45) is 0 Å². The van der Waals surface area contributed by atoms with E-state index in [1.165, 1.54) is 11.5 Å². The van der Waals surface area contributed by atoms with Gasteiger partial charge in [-0.1, -0.05) is 6.92 Å². The highest BCUT2D eigenvalue weighted by Gasteiger charge is 2.10. The molecule has 0 spiro atoms. The third kappa shape index (κ3) is 3.29. The average molecular weight is 257 g/mol. The smallest absolute Gasteiger partial charge is 0.127 e. The van der Waals surface area contributed by atoms with E-state index in [-0.39, 0.29) is 5.25 Å². The second-order valence-corrected chi connectivity index (χ2v) is 6.18. The molecule has 4 nitrogen and oxygen atoms in total. The van der Waals surface area contributed by atoms with Crippen LogP contribution in [-0.4, -0.2) is 26.6 Å². The number of anilines is 1. The van der Waals surface area contributed by atoms with Crippen molar-refractivity contribution in [3.63, 3.8) is 0 Å². The van der Waals surface area contributed by atoms with Crippen LogP contribution in [-0.2, 0) is 10.8 Å². The van der Waals surface area contributed by atoms with Crippen molar-refractivity contribution in [1.29, 1.82) is 5.26 Å². The van der Waals surface area contributed by atoms with Crippen LogP contribution < -0.4 is 5.32 Å². The van der Waals surface area contributed by atoms with Gasteiger partial charge in [0.15, 0.2) is 0 Å². The Kier molecular flexibility index (Phi) is 4.90. The Hall–Kier alpha value is -0.930. The Morgan fingerprint density at radius 2 is 2.38 bits per heavy atom. The van der Waals surface area contributed by atoms with Crippen molar-refractivity contribution in [2.45, 2.75) is 25.5 Å². The quantitative estimate of drug-likeness (QED) is 0.875. The molecule has 1 heterocycles. The molecule has 0 saturated carbocycles. The molecule has 0 saturated heterocycles. The molecule has 0 aromatic carbocycles. The molecular formula is C10H15N3OS2. The van der Waals surface area contributed by atoms with Gasteiger partial charge >= 0.3 is 0 Å². The summed E-state index contributed by atoms with van der Waals surface area (Å²) in [4.78, 5) is 0. The average Bonchev–Trinajstić information content (AvgIpc) is 2.59. The molecule has 6 heteroatoms. The van der Waals surface area contributed by atoms with E-state index in [1.807, 2.05) is 13.8 Å². The van der Waals surface area contributed by atoms with Crippen molar-refractivity contribution in [3.8, 4) is 6.07 Å². The van der Waals surface area contributed by atoms with E-state index >= 15 is 0 Å². The highest BCUT2D eigenvalue weighted by molar-refractivity contribution is 7.84. The van der Waals surface area contributed by atoms with Crippen LogP contribution in [0.3, 0.4) is 0 Å². The van der Waals surface area contributed by atoms with E-state index in [0.717, 1.165) is 23.7 Å². The molecule has 0 aliphatic heterocycles. The molecule has 0 fully saturated rings. The normalized spacial score (nSPS) is 14.1. The summed E-state index contributed by atoms with van der Waals surface area (Å²) in [5.74, 6) is 0. The maximum atomic E-state index is 11.1. The lowest BCUT2D eigenvalue weighted by atomic mass is 10.2. The summed E-state index contributed by atoms with van der Waals surface area (Å²) in [5.41, 5.74) is 1.39. The molecule has 0 amide bonds. The van der Waals surface area contributed by atoms with E-state index in [0.29, 0.717) is 5.56 Å². The Morgan fingerprint density at radius 3 is 2.94 bits per heavy atom. The summed E-state index contributed by atoms with van der Waals surface area (Å²) in [5, 5.41) is 13.1. The number of aryl methyl sites for hydroxylation is 1. The molecule has 88 valence electrons. The van der Waals surface area contributed by atoms with Crippen molar-refractivity contribution in [2.75, 3.05) is 18.1 Å². The fraction of sp³-hybridized carbons (Fsp3) is 0.600. The number of nitrogens with zero attached hydrogens (tertiary/aromatic N) is 2. The molecule has 1 aromatic rings. The largest absolute Gasteiger partial charge is 0.375 e. The third-order valence-corrected chi connectivity index (χ3v) is 4.64. The molecule has 2 unspecified atom stereocenters. The summed E-state index contributed by atoms with van der Waals surface area (Å²) < 4.78 is 15.3. The van der Waals surface area contributed by atoms with Crippen LogP contribution in [0, 0.1) is 18.3 Å². The molecule has 2 atom stereocenters. The van der Waals surface area contributed by atoms with E-state index in [1.54, 1.807) is 6.26 Å². The zero-order chi connectivity index (χ0) is 12.1. The van der Waals surface area contributed by atoms with E-state index in [9.17, 15) is 4.21 Å². The Morgan fingerprint density at radius 1 is 1.69 bits per heavy atom. The lowest BCUT2D eigenvalue weighted by Gasteiger charge is -2.08. The monoisotopic (exact) mass is 257 g/mol. The number of rotatable bonds is 5. The molecule has 16 heavy (non-hydrogen) atoms. The molecule has 0 aliphatic rings. The zero-order valence-electron chi connectivity index (χ0n) is 9.61. The van der Waals surface area contributed by atoms with Gasteiger partial charge in [0.2, 0.25) is 0 Å². The van der Waals surface area contributed by atoms with Gasteiger partial charge < -0.3 is 5.32 Å². The van der Waals surface area contributed by atoms with E-state index in [4.69, 9.17) is 5.26 Å². The molecule has 1 aromatic heterocycles. The Bertz CT molecular complexity index is 422. The first-order valence-corrected chi connectivity index (χ1v) is 7.38. The summed E-state index contributed by atoms with van der Waals surface area (Å²) >= 11 is 1.30. The van der Waals surface area contributed by atoms with Crippen LogP contribution in [0.4, 0.5) is 5.00 Å². The molecule has 1 rings (SSSR count). The zero-order valence-corrected chi connectivity index (χ0v) is 11.2. The van der Waals surface area contributed by atoms with Crippen molar-refractivity contribution < 1.29 is 4.21 Å². The third-order valence-electron chi connectivity index (χ3n) is 2.38. The number of nitriles is 1. The predicted octanol–water partition coefficient (Wildman–Crippen LogP) is 1.89. The van der Waals surface area contributed by atoms with Gasteiger partial charge in [-0.2, -0.15) is 9.64 Å². The van der Waals surface area contributed by atoms with Crippen molar-refractivity contribution in [1.82, 2.24) is 4.37 Å². The van der Waals surface area contributed by atoms with Gasteiger partial charge in [0.25, 0.3) is 0 Å². The molecule has 0 aliphatic carbocycles. The van der Waals surface area contributed by atoms with E-state index < -0.39 is 10.8 Å². The second kappa shape index (κ2) is 5.97. The fourth-order valence-corrected chi connectivity index (χ4v) is 2.40. The number of nitrogens with one attached hydrogen (secondary N) is 1. The maximum absolute atomic E-state index is 11.1. The predicted molar refractivity (Wildman–Crippen MR) is 68.2 cm³/mol. The van der Waals surface area contributed by atoms with Crippen LogP contribution in [0.15, 0.2) is 0 Å². The summed E-state index contributed by atoms with van der Waals surface area (Å²) in [6.07, 6.45) is 2.53. The molecular weight excluding hydrogens is 242 g/mol. The summed E-state index contributed by atoms with van der Waals surface area (Å²) in [7, 11) is -0.787. The number of hydrogen-bond donors (Lipinski definition) is 1.